The molecule has 1 unspecified atom stereocenters. The fourth-order valence-corrected chi connectivity index (χ4v) is 3.42. The number of halogens is 1. The maximum Gasteiger partial charge on any atom is 0.193 e. The van der Waals surface area contributed by atoms with Crippen molar-refractivity contribution in [2.45, 2.75) is 26.1 Å². The summed E-state index contributed by atoms with van der Waals surface area (Å²) in [5.74, 6) is 0.987. The molecule has 0 radical (unpaired) electrons. The molecule has 0 bridgehead atoms. The molecule has 3 rings (SSSR count). The SMILES string of the molecule is CN=C(NCC(C)N(C)Cc1ccccc1)N1CCN(Cc2ccon2)CC1.I. The summed E-state index contributed by atoms with van der Waals surface area (Å²) in [6, 6.07) is 12.9. The Kier molecular flexibility index (Phi) is 9.89. The molecule has 0 aliphatic carbocycles. The zero-order valence-electron chi connectivity index (χ0n) is 17.6. The normalized spacial score (nSPS) is 16.6. The number of guanidine groups is 1. The van der Waals surface area contributed by atoms with Gasteiger partial charge in [0, 0.05) is 65.0 Å². The topological polar surface area (TPSA) is 60.1 Å². The van der Waals surface area contributed by atoms with E-state index < -0.39 is 0 Å². The third-order valence-corrected chi connectivity index (χ3v) is 5.34. The standard InChI is InChI=1S/C21H32N6O.HI/c1-18(25(3)16-19-7-5-4-6-8-19)15-23-21(22-2)27-12-10-26(11-13-27)17-20-9-14-28-24-20;/h4-9,14,18H,10-13,15-17H2,1-3H3,(H,22,23);1H. The maximum absolute atomic E-state index is 4.92. The molecule has 1 aromatic heterocycles. The second-order valence-corrected chi connectivity index (χ2v) is 7.43. The van der Waals surface area contributed by atoms with Crippen molar-refractivity contribution in [2.24, 2.45) is 4.99 Å². The van der Waals surface area contributed by atoms with Crippen molar-refractivity contribution in [3.63, 3.8) is 0 Å². The van der Waals surface area contributed by atoms with E-state index in [4.69, 9.17) is 4.52 Å². The van der Waals surface area contributed by atoms with Gasteiger partial charge in [0.25, 0.3) is 0 Å². The first-order chi connectivity index (χ1) is 13.7. The van der Waals surface area contributed by atoms with Gasteiger partial charge in [-0.3, -0.25) is 14.8 Å². The Morgan fingerprint density at radius 1 is 1.21 bits per heavy atom. The second kappa shape index (κ2) is 12.1. The number of rotatable bonds is 7. The van der Waals surface area contributed by atoms with Crippen LogP contribution < -0.4 is 5.32 Å². The minimum absolute atomic E-state index is 0. The van der Waals surface area contributed by atoms with Crippen LogP contribution >= 0.6 is 24.0 Å². The van der Waals surface area contributed by atoms with Gasteiger partial charge in [0.05, 0.1) is 5.69 Å². The fourth-order valence-electron chi connectivity index (χ4n) is 3.42. The summed E-state index contributed by atoms with van der Waals surface area (Å²) in [4.78, 5) is 11.6. The van der Waals surface area contributed by atoms with Crippen LogP contribution in [0.15, 0.2) is 52.2 Å². The third kappa shape index (κ3) is 7.27. The summed E-state index contributed by atoms with van der Waals surface area (Å²) in [6.45, 7) is 8.83. The largest absolute Gasteiger partial charge is 0.364 e. The van der Waals surface area contributed by atoms with Crippen molar-refractivity contribution in [1.29, 1.82) is 0 Å². The zero-order valence-corrected chi connectivity index (χ0v) is 20.0. The van der Waals surface area contributed by atoms with Crippen LogP contribution in [0.3, 0.4) is 0 Å². The first-order valence-electron chi connectivity index (χ1n) is 9.97. The first-order valence-corrected chi connectivity index (χ1v) is 9.97. The van der Waals surface area contributed by atoms with Crippen molar-refractivity contribution >= 4 is 29.9 Å². The lowest BCUT2D eigenvalue weighted by molar-refractivity contribution is 0.168. The molecule has 1 aromatic carbocycles. The van der Waals surface area contributed by atoms with Gasteiger partial charge in [-0.05, 0) is 19.5 Å². The summed E-state index contributed by atoms with van der Waals surface area (Å²) >= 11 is 0. The van der Waals surface area contributed by atoms with Gasteiger partial charge in [0.2, 0.25) is 0 Å². The highest BCUT2D eigenvalue weighted by Gasteiger charge is 2.21. The van der Waals surface area contributed by atoms with Crippen LogP contribution in [-0.2, 0) is 13.1 Å². The van der Waals surface area contributed by atoms with Crippen LogP contribution in [0.4, 0.5) is 0 Å². The first kappa shape index (κ1) is 23.6. The van der Waals surface area contributed by atoms with Gasteiger partial charge >= 0.3 is 0 Å². The lowest BCUT2D eigenvalue weighted by Crippen LogP contribution is -2.53. The minimum Gasteiger partial charge on any atom is -0.364 e. The lowest BCUT2D eigenvalue weighted by atomic mass is 10.2. The van der Waals surface area contributed by atoms with Crippen LogP contribution in [-0.4, -0.2) is 78.7 Å². The molecule has 1 aliphatic heterocycles. The molecular formula is C21H33IN6O. The van der Waals surface area contributed by atoms with Gasteiger partial charge in [-0.2, -0.15) is 0 Å². The average molecular weight is 512 g/mol. The Morgan fingerprint density at radius 3 is 2.55 bits per heavy atom. The van der Waals surface area contributed by atoms with E-state index in [1.165, 1.54) is 5.56 Å². The van der Waals surface area contributed by atoms with Gasteiger partial charge in [-0.15, -0.1) is 24.0 Å². The summed E-state index contributed by atoms with van der Waals surface area (Å²) in [6.07, 6.45) is 1.63. The molecule has 1 saturated heterocycles. The molecule has 0 spiro atoms. The lowest BCUT2D eigenvalue weighted by Gasteiger charge is -2.36. The number of piperazine rings is 1. The number of likely N-dealkylation sites (N-methyl/N-ethyl adjacent to an activating group) is 1. The number of aromatic nitrogens is 1. The van der Waals surface area contributed by atoms with Crippen molar-refractivity contribution in [2.75, 3.05) is 46.8 Å². The highest BCUT2D eigenvalue weighted by Crippen LogP contribution is 2.08. The number of nitrogens with zero attached hydrogens (tertiary/aromatic N) is 5. The Morgan fingerprint density at radius 2 is 1.93 bits per heavy atom. The van der Waals surface area contributed by atoms with Gasteiger partial charge in [0.1, 0.15) is 6.26 Å². The number of nitrogens with one attached hydrogen (secondary N) is 1. The predicted molar refractivity (Wildman–Crippen MR) is 128 cm³/mol. The molecule has 8 heteroatoms. The molecule has 7 nitrogen and oxygen atoms in total. The fraction of sp³-hybridized carbons (Fsp3) is 0.524. The van der Waals surface area contributed by atoms with Gasteiger partial charge in [-0.1, -0.05) is 35.5 Å². The molecule has 29 heavy (non-hydrogen) atoms. The molecular weight excluding hydrogens is 479 g/mol. The molecule has 0 amide bonds. The predicted octanol–water partition coefficient (Wildman–Crippen LogP) is 2.51. The molecule has 2 heterocycles. The Labute approximate surface area is 191 Å². The number of benzene rings is 1. The molecule has 1 aliphatic rings. The zero-order chi connectivity index (χ0) is 19.8. The minimum atomic E-state index is 0. The molecule has 1 N–H and O–H groups in total. The molecule has 160 valence electrons. The van der Waals surface area contributed by atoms with Crippen LogP contribution in [0, 0.1) is 0 Å². The third-order valence-electron chi connectivity index (χ3n) is 5.34. The monoisotopic (exact) mass is 512 g/mol. The van der Waals surface area contributed by atoms with Crippen molar-refractivity contribution in [1.82, 2.24) is 25.2 Å². The molecule has 1 fully saturated rings. The Hall–Kier alpha value is -1.65. The highest BCUT2D eigenvalue weighted by atomic mass is 127. The van der Waals surface area contributed by atoms with Crippen molar-refractivity contribution in [3.05, 3.63) is 53.9 Å². The van der Waals surface area contributed by atoms with Gasteiger partial charge < -0.3 is 14.7 Å². The Balaban J connectivity index is 0.00000300. The van der Waals surface area contributed by atoms with Gasteiger partial charge in [0.15, 0.2) is 5.96 Å². The quantitative estimate of drug-likeness (QED) is 0.350. The van der Waals surface area contributed by atoms with Crippen LogP contribution in [0.25, 0.3) is 0 Å². The summed E-state index contributed by atoms with van der Waals surface area (Å²) in [7, 11) is 4.03. The molecule has 1 atom stereocenters. The number of hydrogen-bond acceptors (Lipinski definition) is 5. The van der Waals surface area contributed by atoms with Crippen LogP contribution in [0.2, 0.25) is 0 Å². The van der Waals surface area contributed by atoms with Crippen LogP contribution in [0.1, 0.15) is 18.2 Å². The van der Waals surface area contributed by atoms with Crippen LogP contribution in [0.5, 0.6) is 0 Å². The van der Waals surface area contributed by atoms with Crippen molar-refractivity contribution in [3.8, 4) is 0 Å². The summed E-state index contributed by atoms with van der Waals surface area (Å²) < 4.78 is 4.92. The molecule has 0 saturated carbocycles. The van der Waals surface area contributed by atoms with E-state index in [0.29, 0.717) is 6.04 Å². The second-order valence-electron chi connectivity index (χ2n) is 7.43. The van der Waals surface area contributed by atoms with Crippen molar-refractivity contribution < 1.29 is 4.52 Å². The van der Waals surface area contributed by atoms with Gasteiger partial charge in [-0.25, -0.2) is 0 Å². The smallest absolute Gasteiger partial charge is 0.193 e. The van der Waals surface area contributed by atoms with E-state index in [1.807, 2.05) is 13.1 Å². The number of aliphatic imine (C=N–C) groups is 1. The van der Waals surface area contributed by atoms with E-state index in [1.54, 1.807) is 6.26 Å². The summed E-state index contributed by atoms with van der Waals surface area (Å²) in [5, 5.41) is 7.56. The highest BCUT2D eigenvalue weighted by molar-refractivity contribution is 14.0. The van der Waals surface area contributed by atoms with E-state index in [9.17, 15) is 0 Å². The maximum atomic E-state index is 4.92. The van der Waals surface area contributed by atoms with E-state index >= 15 is 0 Å². The average Bonchev–Trinajstić information content (AvgIpc) is 3.23. The number of hydrogen-bond donors (Lipinski definition) is 1. The van der Waals surface area contributed by atoms with E-state index in [2.05, 4.69) is 74.5 Å². The van der Waals surface area contributed by atoms with E-state index in [0.717, 1.165) is 57.5 Å². The van der Waals surface area contributed by atoms with E-state index in [-0.39, 0.29) is 24.0 Å². The summed E-state index contributed by atoms with van der Waals surface area (Å²) in [5.41, 5.74) is 2.33. The Bertz CT molecular complexity index is 716. The molecule has 2 aromatic rings.